The molecule has 0 aromatic carbocycles. The van der Waals surface area contributed by atoms with Gasteiger partial charge in [0.05, 0.1) is 0 Å². The van der Waals surface area contributed by atoms with Crippen molar-refractivity contribution in [2.24, 2.45) is 0 Å². The second kappa shape index (κ2) is 4.56. The maximum Gasteiger partial charge on any atom is 0.487 e. The molecule has 4 heteroatoms. The summed E-state index contributed by atoms with van der Waals surface area (Å²) in [7, 11) is 0. The van der Waals surface area contributed by atoms with Crippen LogP contribution in [-0.2, 0) is 0 Å². The first-order valence-corrected chi connectivity index (χ1v) is 0.567. The van der Waals surface area contributed by atoms with Crippen molar-refractivity contribution >= 4 is 23.1 Å². The van der Waals surface area contributed by atoms with E-state index in [1.54, 1.807) is 0 Å². The van der Waals surface area contributed by atoms with Crippen molar-refractivity contribution in [3.8, 4) is 0 Å². The van der Waals surface area contributed by atoms with Gasteiger partial charge >= 0.3 is 29.7 Å². The quantitative estimate of drug-likeness (QED) is 0.383. The predicted molar refractivity (Wildman–Crippen MR) is 15.1 cm³/mol. The maximum atomic E-state index is 9.58. The number of halogens is 3. The number of hydrogen-bond donors (Lipinski definition) is 0. The van der Waals surface area contributed by atoms with Gasteiger partial charge in [0.25, 0.3) is 0 Å². The zero-order valence-electron chi connectivity index (χ0n) is 1.63. The summed E-state index contributed by atoms with van der Waals surface area (Å²) in [6.07, 6.45) is 0. The normalized spacial score (nSPS) is 7.20. The van der Waals surface area contributed by atoms with Crippen LogP contribution in [0.25, 0.3) is 0 Å². The van der Waals surface area contributed by atoms with Crippen molar-refractivity contribution < 1.29 is 13.2 Å². The lowest BCUT2D eigenvalue weighted by molar-refractivity contribution is 0.142. The van der Waals surface area contributed by atoms with Gasteiger partial charge in [-0.05, 0) is 0 Å². The van der Waals surface area contributed by atoms with Crippen LogP contribution >= 0.6 is 0 Å². The Morgan fingerprint density at radius 1 is 1.00 bits per heavy atom. The van der Waals surface area contributed by atoms with E-state index in [1.807, 2.05) is 0 Å². The lowest BCUT2D eigenvalue weighted by Crippen LogP contribution is -1.49. The van der Waals surface area contributed by atoms with Crippen molar-refractivity contribution in [2.75, 3.05) is 0 Å². The van der Waals surface area contributed by atoms with Gasteiger partial charge in [-0.25, -0.2) is 0 Å². The Labute approximate surface area is 43.5 Å². The number of hydrogen-bond acceptors (Lipinski definition) is 0. The zero-order chi connectivity index (χ0) is 3.58. The summed E-state index contributed by atoms with van der Waals surface area (Å²) in [5, 5.41) is 0. The molecule has 0 aliphatic rings. The van der Waals surface area contributed by atoms with Crippen molar-refractivity contribution in [1.29, 1.82) is 0 Å². The van der Waals surface area contributed by atoms with Crippen molar-refractivity contribution in [3.05, 3.63) is 6.68 Å². The van der Waals surface area contributed by atoms with E-state index in [4.69, 9.17) is 0 Å². The highest BCUT2D eigenvalue weighted by Crippen LogP contribution is 1.99. The summed E-state index contributed by atoms with van der Waals surface area (Å²) in [6, 6.07) is 0. The lowest BCUT2D eigenvalue weighted by atomic mass is 11.6. The van der Waals surface area contributed by atoms with Crippen LogP contribution in [-0.4, -0.2) is 23.1 Å². The summed E-state index contributed by atoms with van der Waals surface area (Å²) in [5.74, 6) is 0. The highest BCUT2D eigenvalue weighted by atomic mass is 24.3. The third kappa shape index (κ3) is 96.2. The molecule has 0 aliphatic carbocycles. The third-order valence-electron chi connectivity index (χ3n) is 0. The molecule has 29 valence electrons. The SMILES string of the molecule is F[C](F)F.[MgH2]. The average molecular weight is 95.3 g/mol. The van der Waals surface area contributed by atoms with Gasteiger partial charge in [0.2, 0.25) is 0 Å². The van der Waals surface area contributed by atoms with E-state index < -0.39 is 6.68 Å². The van der Waals surface area contributed by atoms with E-state index >= 15 is 0 Å². The third-order valence-corrected chi connectivity index (χ3v) is 0. The molecule has 0 fully saturated rings. The topological polar surface area (TPSA) is 0 Å². The molecule has 0 aromatic heterocycles. The standard InChI is InChI=1S/CF3.Mg.2H/c2-1(3)4;;;. The summed E-state index contributed by atoms with van der Waals surface area (Å²) >= 11 is 0. The van der Waals surface area contributed by atoms with Gasteiger partial charge in [-0.2, -0.15) is 13.2 Å². The maximum absolute atomic E-state index is 9.58. The molecule has 0 saturated carbocycles. The Hall–Kier alpha value is 0.556. The zero-order valence-corrected chi connectivity index (χ0v) is 1.63. The Morgan fingerprint density at radius 3 is 1.00 bits per heavy atom. The van der Waals surface area contributed by atoms with Crippen LogP contribution in [0, 0.1) is 6.68 Å². The molecule has 0 rings (SSSR count). The highest BCUT2D eigenvalue weighted by molar-refractivity contribution is 5.75. The molecular weight excluding hydrogens is 93.3 g/mol. The molecule has 0 bridgehead atoms. The Balaban J connectivity index is 0. The Bertz CT molecular complexity index is 11.6. The minimum atomic E-state index is -3.08. The van der Waals surface area contributed by atoms with Gasteiger partial charge in [-0.3, -0.25) is 0 Å². The first kappa shape index (κ1) is 9.12. The first-order valence-electron chi connectivity index (χ1n) is 0.567. The van der Waals surface area contributed by atoms with Crippen LogP contribution in [0.1, 0.15) is 0 Å². The molecular formula is CH2F3Mg. The number of rotatable bonds is 0. The van der Waals surface area contributed by atoms with Crippen LogP contribution in [0.5, 0.6) is 0 Å². The Kier molecular flexibility index (Phi) is 8.31. The minimum Gasteiger partial charge on any atom is -0.162 e. The fourth-order valence-corrected chi connectivity index (χ4v) is 0. The van der Waals surface area contributed by atoms with Crippen molar-refractivity contribution in [3.63, 3.8) is 0 Å². The summed E-state index contributed by atoms with van der Waals surface area (Å²) in [6.45, 7) is -3.08. The second-order valence-electron chi connectivity index (χ2n) is 0.214. The average Bonchev–Trinajstić information content (AvgIpc) is 0.811. The van der Waals surface area contributed by atoms with Crippen LogP contribution in [0.15, 0.2) is 0 Å². The minimum absolute atomic E-state index is 0. The van der Waals surface area contributed by atoms with Gasteiger partial charge in [0.1, 0.15) is 0 Å². The van der Waals surface area contributed by atoms with Crippen molar-refractivity contribution in [1.82, 2.24) is 0 Å². The largest absolute Gasteiger partial charge is 0.487 e. The van der Waals surface area contributed by atoms with E-state index in [0.29, 0.717) is 0 Å². The van der Waals surface area contributed by atoms with Crippen LogP contribution in [0.3, 0.4) is 0 Å². The molecule has 0 unspecified atom stereocenters. The summed E-state index contributed by atoms with van der Waals surface area (Å²) in [4.78, 5) is 0. The molecule has 1 radical (unpaired) electrons. The van der Waals surface area contributed by atoms with Crippen molar-refractivity contribution in [2.45, 2.75) is 0 Å². The molecule has 0 spiro atoms. The highest BCUT2D eigenvalue weighted by Gasteiger charge is 1.93. The van der Waals surface area contributed by atoms with Gasteiger partial charge in [-0.15, -0.1) is 0 Å². The fourth-order valence-electron chi connectivity index (χ4n) is 0. The first-order chi connectivity index (χ1) is 1.73. The lowest BCUT2D eigenvalue weighted by Gasteiger charge is -1.60. The fraction of sp³-hybridized carbons (Fsp3) is 0. The van der Waals surface area contributed by atoms with Crippen LogP contribution in [0.2, 0.25) is 0 Å². The molecule has 0 amide bonds. The second-order valence-corrected chi connectivity index (χ2v) is 0.214. The predicted octanol–water partition coefficient (Wildman–Crippen LogP) is 0.426. The van der Waals surface area contributed by atoms with E-state index in [-0.39, 0.29) is 23.1 Å². The Morgan fingerprint density at radius 2 is 1.00 bits per heavy atom. The molecule has 0 nitrogen and oxygen atoms in total. The smallest absolute Gasteiger partial charge is 0.162 e. The molecule has 0 saturated heterocycles. The monoisotopic (exact) mass is 95.0 g/mol. The summed E-state index contributed by atoms with van der Waals surface area (Å²) < 4.78 is 28.8. The van der Waals surface area contributed by atoms with Gasteiger partial charge in [0, 0.05) is 0 Å². The van der Waals surface area contributed by atoms with E-state index in [0.717, 1.165) is 0 Å². The van der Waals surface area contributed by atoms with E-state index in [1.165, 1.54) is 0 Å². The molecule has 0 aromatic rings. The van der Waals surface area contributed by atoms with E-state index in [9.17, 15) is 13.2 Å². The summed E-state index contributed by atoms with van der Waals surface area (Å²) in [5.41, 5.74) is 0. The molecule has 0 aliphatic heterocycles. The molecule has 0 atom stereocenters. The van der Waals surface area contributed by atoms with Crippen LogP contribution in [0.4, 0.5) is 13.2 Å². The van der Waals surface area contributed by atoms with E-state index in [2.05, 4.69) is 0 Å². The molecule has 5 heavy (non-hydrogen) atoms. The molecule has 0 N–H and O–H groups in total. The molecule has 0 heterocycles. The van der Waals surface area contributed by atoms with Gasteiger partial charge in [-0.1, -0.05) is 0 Å². The van der Waals surface area contributed by atoms with Gasteiger partial charge in [0.15, 0.2) is 0 Å². The van der Waals surface area contributed by atoms with Crippen LogP contribution < -0.4 is 0 Å². The van der Waals surface area contributed by atoms with Gasteiger partial charge < -0.3 is 0 Å².